The number of likely N-dealkylation sites (N-methyl/N-ethyl adjacent to an activating group) is 1. The van der Waals surface area contributed by atoms with Crippen molar-refractivity contribution in [2.75, 3.05) is 18.5 Å². The van der Waals surface area contributed by atoms with Crippen molar-refractivity contribution in [2.45, 2.75) is 39.3 Å². The number of amides is 1. The number of nitrogens with one attached hydrogen (secondary N) is 1. The van der Waals surface area contributed by atoms with Gasteiger partial charge in [0.15, 0.2) is 0 Å². The zero-order valence-corrected chi connectivity index (χ0v) is 15.7. The first-order chi connectivity index (χ1) is 9.97. The number of carbonyl (C=O) groups excluding carboxylic acids is 1. The number of nitrogens with zero attached hydrogens (tertiary/aromatic N) is 1. The molecule has 0 aliphatic carbocycles. The first-order valence-electron chi connectivity index (χ1n) is 7.35. The first-order valence-corrected chi connectivity index (χ1v) is 10.2. The Labute approximate surface area is 138 Å². The number of aromatic hydroxyl groups is 1. The molecule has 0 saturated carbocycles. The second-order valence-electron chi connectivity index (χ2n) is 5.30. The molecule has 0 aliphatic heterocycles. The number of phenolic OH excluding ortho intramolecular Hbond substituents is 1. The molecule has 0 aromatic heterocycles. The minimum absolute atomic E-state index is 0.0439. The summed E-state index contributed by atoms with van der Waals surface area (Å²) < 4.78 is 2.35. The molecule has 4 nitrogen and oxygen atoms in total. The Morgan fingerprint density at radius 3 is 2.76 bits per heavy atom. The fourth-order valence-corrected chi connectivity index (χ4v) is 5.02. The van der Waals surface area contributed by atoms with E-state index < -0.39 is 0 Å². The van der Waals surface area contributed by atoms with Gasteiger partial charge in [-0.1, -0.05) is 0 Å². The van der Waals surface area contributed by atoms with E-state index in [1.165, 1.54) is 17.3 Å². The summed E-state index contributed by atoms with van der Waals surface area (Å²) in [6, 6.07) is 5.71. The number of hydrogen-bond donors (Lipinski definition) is 2. The average Bonchev–Trinajstić information content (AvgIpc) is 2.46. The Bertz CT molecular complexity index is 464. The molecule has 1 rings (SSSR count). The summed E-state index contributed by atoms with van der Waals surface area (Å²) in [7, 11) is 3.50. The summed E-state index contributed by atoms with van der Waals surface area (Å²) in [5.74, 6) is 0.468. The van der Waals surface area contributed by atoms with Gasteiger partial charge in [0.2, 0.25) is 0 Å². The van der Waals surface area contributed by atoms with E-state index in [1.54, 1.807) is 19.0 Å². The third-order valence-corrected chi connectivity index (χ3v) is 6.48. The van der Waals surface area contributed by atoms with Crippen LogP contribution in [0.1, 0.15) is 32.3 Å². The summed E-state index contributed by atoms with van der Waals surface area (Å²) in [5.41, 5.74) is 0.882. The quantitative estimate of drug-likeness (QED) is 0.397. The van der Waals surface area contributed by atoms with Gasteiger partial charge in [-0.2, -0.15) is 0 Å². The predicted octanol–water partition coefficient (Wildman–Crippen LogP) is 2.63. The number of carbonyl (C=O) groups is 1. The molecule has 0 spiro atoms. The van der Waals surface area contributed by atoms with Gasteiger partial charge in [0.1, 0.15) is 0 Å². The fraction of sp³-hybridized carbons (Fsp3) is 0.562. The molecule has 0 radical (unpaired) electrons. The summed E-state index contributed by atoms with van der Waals surface area (Å²) in [4.78, 5) is 13.4. The standard InChI is InChI=1S/C16H27IN2O2/c1-5-6-10-17-14-9-7-8-13(15(14)20)11-18-12(2)16(21)19(3)4/h7-9,12,17-18,20H,5-6,10-11H2,1-4H3. The Balaban J connectivity index is 2.63. The van der Waals surface area contributed by atoms with Crippen molar-refractivity contribution in [3.05, 3.63) is 27.3 Å². The summed E-state index contributed by atoms with van der Waals surface area (Å²) in [6.07, 6.45) is 2.44. The van der Waals surface area contributed by atoms with Gasteiger partial charge in [-0.25, -0.2) is 0 Å². The van der Waals surface area contributed by atoms with Gasteiger partial charge in [0.25, 0.3) is 0 Å². The SMILES string of the molecule is CCCC[IH]c1cccc(CNC(C)C(=O)N(C)C)c1O. The molecule has 0 fully saturated rings. The third-order valence-electron chi connectivity index (χ3n) is 3.25. The van der Waals surface area contributed by atoms with E-state index in [0.29, 0.717) is 12.3 Å². The van der Waals surface area contributed by atoms with Crippen LogP contribution in [0, 0.1) is 3.57 Å². The fourth-order valence-electron chi connectivity index (χ4n) is 1.89. The van der Waals surface area contributed by atoms with Crippen molar-refractivity contribution >= 4 is 27.1 Å². The van der Waals surface area contributed by atoms with E-state index in [2.05, 4.69) is 12.2 Å². The van der Waals surface area contributed by atoms with Gasteiger partial charge >= 0.3 is 138 Å². The van der Waals surface area contributed by atoms with Crippen LogP contribution in [0.2, 0.25) is 0 Å². The molecule has 0 heterocycles. The second kappa shape index (κ2) is 9.25. The first kappa shape index (κ1) is 18.2. The summed E-state index contributed by atoms with van der Waals surface area (Å²) in [5, 5.41) is 13.5. The number of rotatable bonds is 8. The second-order valence-corrected chi connectivity index (χ2v) is 8.55. The van der Waals surface area contributed by atoms with Crippen molar-refractivity contribution in [2.24, 2.45) is 0 Å². The van der Waals surface area contributed by atoms with Crippen LogP contribution < -0.4 is 5.32 Å². The molecular formula is C16H27IN2O2. The van der Waals surface area contributed by atoms with Crippen LogP contribution in [-0.2, 0) is 11.3 Å². The maximum atomic E-state index is 11.8. The van der Waals surface area contributed by atoms with Crippen LogP contribution in [0.4, 0.5) is 0 Å². The van der Waals surface area contributed by atoms with E-state index in [9.17, 15) is 9.90 Å². The number of halogens is 1. The number of para-hydroxylation sites is 1. The van der Waals surface area contributed by atoms with Gasteiger partial charge in [-0.3, -0.25) is 0 Å². The Morgan fingerprint density at radius 2 is 2.14 bits per heavy atom. The van der Waals surface area contributed by atoms with Gasteiger partial charge in [0.05, 0.1) is 0 Å². The van der Waals surface area contributed by atoms with Gasteiger partial charge < -0.3 is 0 Å². The van der Waals surface area contributed by atoms with Crippen molar-refractivity contribution in [1.29, 1.82) is 0 Å². The molecule has 21 heavy (non-hydrogen) atoms. The normalized spacial score (nSPS) is 12.4. The zero-order valence-electron chi connectivity index (χ0n) is 13.3. The molecule has 2 N–H and O–H groups in total. The topological polar surface area (TPSA) is 52.6 Å². The summed E-state index contributed by atoms with van der Waals surface area (Å²) >= 11 is -0.308. The number of unbranched alkanes of at least 4 members (excludes halogenated alkanes) is 1. The van der Waals surface area contributed by atoms with Gasteiger partial charge in [-0.15, -0.1) is 0 Å². The molecule has 120 valence electrons. The number of alkyl halides is 1. The average molecular weight is 406 g/mol. The minimum atomic E-state index is -0.308. The van der Waals surface area contributed by atoms with E-state index in [0.717, 1.165) is 9.13 Å². The number of phenols is 1. The monoisotopic (exact) mass is 406 g/mol. The molecule has 1 unspecified atom stereocenters. The molecule has 1 atom stereocenters. The van der Waals surface area contributed by atoms with E-state index >= 15 is 0 Å². The molecule has 1 aromatic rings. The number of benzene rings is 1. The molecule has 0 bridgehead atoms. The number of hydrogen-bond acceptors (Lipinski definition) is 3. The predicted molar refractivity (Wildman–Crippen MR) is 97.0 cm³/mol. The van der Waals surface area contributed by atoms with Gasteiger partial charge in [-0.05, 0) is 0 Å². The Morgan fingerprint density at radius 1 is 1.43 bits per heavy atom. The molecule has 0 aliphatic rings. The van der Waals surface area contributed by atoms with Crippen molar-refractivity contribution in [1.82, 2.24) is 10.2 Å². The van der Waals surface area contributed by atoms with Crippen LogP contribution >= 0.6 is 21.2 Å². The van der Waals surface area contributed by atoms with Crippen LogP contribution in [0.15, 0.2) is 18.2 Å². The Hall–Kier alpha value is -0.820. The molecule has 1 amide bonds. The van der Waals surface area contributed by atoms with E-state index in [-0.39, 0.29) is 33.2 Å². The van der Waals surface area contributed by atoms with Gasteiger partial charge in [0, 0.05) is 0 Å². The van der Waals surface area contributed by atoms with Crippen LogP contribution in [0.3, 0.4) is 0 Å². The van der Waals surface area contributed by atoms with Crippen LogP contribution in [-0.4, -0.2) is 40.5 Å². The van der Waals surface area contributed by atoms with Crippen LogP contribution in [0.5, 0.6) is 5.75 Å². The summed E-state index contributed by atoms with van der Waals surface area (Å²) in [6.45, 7) is 4.55. The Kier molecular flexibility index (Phi) is 8.03. The molecule has 5 heteroatoms. The van der Waals surface area contributed by atoms with Crippen molar-refractivity contribution in [3.63, 3.8) is 0 Å². The third kappa shape index (κ3) is 5.82. The van der Waals surface area contributed by atoms with Crippen molar-refractivity contribution in [3.8, 4) is 5.75 Å². The molecule has 0 saturated heterocycles. The van der Waals surface area contributed by atoms with E-state index in [1.807, 2.05) is 25.1 Å². The van der Waals surface area contributed by atoms with Crippen molar-refractivity contribution < 1.29 is 9.90 Å². The molecule has 1 aromatic carbocycles. The maximum absolute atomic E-state index is 11.8. The molecular weight excluding hydrogens is 379 g/mol. The zero-order chi connectivity index (χ0) is 15.8. The van der Waals surface area contributed by atoms with Crippen LogP contribution in [0.25, 0.3) is 0 Å². The van der Waals surface area contributed by atoms with E-state index in [4.69, 9.17) is 0 Å².